The second kappa shape index (κ2) is 25.3. The lowest BCUT2D eigenvalue weighted by Crippen LogP contribution is -2.60. The van der Waals surface area contributed by atoms with E-state index in [9.17, 15) is 48.9 Å². The predicted octanol–water partition coefficient (Wildman–Crippen LogP) is -6.22. The van der Waals surface area contributed by atoms with Gasteiger partial charge in [0.1, 0.15) is 36.3 Å². The standard InChI is InChI=1S/C33H55N9O12/c1-18(46)24(41-31(52)22(10-11-27(47)48)38-29(50)20(35)15-43)14-37-25(16-44)32(53)39-21(9-5-6-12-34)30(51)42-26(17-45)33(54)40-23(28(36)49)13-19-7-3-2-4-8-19/h2-4,7-8,18,20-26,37,43-46H,5-6,9-17,34-35H2,1H3,(H2,36,49)(H,38,50)(H,39,53)(H,40,54)(H,41,52)(H,42,51)(H,47,48). The van der Waals surface area contributed by atoms with Gasteiger partial charge >= 0.3 is 5.97 Å². The van der Waals surface area contributed by atoms with Crippen molar-refractivity contribution in [2.75, 3.05) is 32.9 Å². The van der Waals surface area contributed by atoms with Crippen LogP contribution in [-0.2, 0) is 40.0 Å². The third kappa shape index (κ3) is 17.4. The highest BCUT2D eigenvalue weighted by Crippen LogP contribution is 2.06. The van der Waals surface area contributed by atoms with Crippen molar-refractivity contribution in [2.45, 2.75) is 93.8 Å². The number of primary amides is 1. The first kappa shape index (κ1) is 47.3. The van der Waals surface area contributed by atoms with Crippen molar-refractivity contribution < 1.29 is 59.1 Å². The van der Waals surface area contributed by atoms with Gasteiger partial charge < -0.3 is 74.6 Å². The zero-order valence-electron chi connectivity index (χ0n) is 30.1. The van der Waals surface area contributed by atoms with E-state index in [0.29, 0.717) is 18.4 Å². The highest BCUT2D eigenvalue weighted by atomic mass is 16.4. The Morgan fingerprint density at radius 1 is 0.685 bits per heavy atom. The minimum atomic E-state index is -1.55. The molecule has 0 saturated carbocycles. The summed E-state index contributed by atoms with van der Waals surface area (Å²) < 4.78 is 0. The van der Waals surface area contributed by atoms with Crippen molar-refractivity contribution in [3.63, 3.8) is 0 Å². The lowest BCUT2D eigenvalue weighted by atomic mass is 10.0. The number of nitrogens with one attached hydrogen (secondary N) is 6. The number of nitrogens with two attached hydrogens (primary N) is 3. The number of benzene rings is 1. The van der Waals surface area contributed by atoms with Crippen LogP contribution in [0.15, 0.2) is 30.3 Å². The van der Waals surface area contributed by atoms with Gasteiger partial charge in [-0.25, -0.2) is 0 Å². The van der Waals surface area contributed by atoms with Crippen molar-refractivity contribution in [1.82, 2.24) is 31.9 Å². The van der Waals surface area contributed by atoms with E-state index in [2.05, 4.69) is 31.9 Å². The molecule has 0 fully saturated rings. The van der Waals surface area contributed by atoms with Gasteiger partial charge in [-0.15, -0.1) is 0 Å². The first-order valence-electron chi connectivity index (χ1n) is 17.3. The SMILES string of the molecule is CC(O)C(CNC(CO)C(=O)NC(CCCCN)C(=O)NC(CO)C(=O)NC(Cc1ccccc1)C(N)=O)NC(=O)C(CCC(=O)O)NC(=O)C(N)CO. The van der Waals surface area contributed by atoms with E-state index in [0.717, 1.165) is 0 Å². The fourth-order valence-corrected chi connectivity index (χ4v) is 4.88. The second-order valence-corrected chi connectivity index (χ2v) is 12.5. The van der Waals surface area contributed by atoms with E-state index in [1.807, 2.05) is 0 Å². The quantitative estimate of drug-likeness (QED) is 0.0370. The van der Waals surface area contributed by atoms with Gasteiger partial charge in [-0.05, 0) is 44.7 Å². The number of aliphatic carboxylic acids is 1. The van der Waals surface area contributed by atoms with Crippen LogP contribution in [0.3, 0.4) is 0 Å². The van der Waals surface area contributed by atoms with Crippen LogP contribution in [0, 0.1) is 0 Å². The Balaban J connectivity index is 3.03. The summed E-state index contributed by atoms with van der Waals surface area (Å²) in [7, 11) is 0. The molecule has 21 nitrogen and oxygen atoms in total. The van der Waals surface area contributed by atoms with E-state index in [1.165, 1.54) is 6.92 Å². The summed E-state index contributed by atoms with van der Waals surface area (Å²) in [6.45, 7) is -1.23. The van der Waals surface area contributed by atoms with Crippen LogP contribution in [0.4, 0.5) is 0 Å². The number of hydrogen-bond acceptors (Lipinski definition) is 14. The molecule has 0 heterocycles. The Morgan fingerprint density at radius 3 is 1.74 bits per heavy atom. The number of hydrogen-bond donors (Lipinski definition) is 14. The van der Waals surface area contributed by atoms with Crippen LogP contribution >= 0.6 is 0 Å². The van der Waals surface area contributed by atoms with Gasteiger partial charge in [-0.3, -0.25) is 33.6 Å². The molecule has 0 aliphatic heterocycles. The molecule has 8 atom stereocenters. The van der Waals surface area contributed by atoms with E-state index < -0.39 is 116 Å². The average molecular weight is 770 g/mol. The van der Waals surface area contributed by atoms with Crippen LogP contribution in [0.2, 0.25) is 0 Å². The normalized spacial score (nSPS) is 15.5. The number of unbranched alkanes of at least 4 members (excludes halogenated alkanes) is 1. The molecule has 0 radical (unpaired) electrons. The van der Waals surface area contributed by atoms with Crippen molar-refractivity contribution >= 4 is 41.4 Å². The van der Waals surface area contributed by atoms with Gasteiger partial charge in [0.05, 0.1) is 32.0 Å². The average Bonchev–Trinajstić information content (AvgIpc) is 3.13. The molecule has 21 heteroatoms. The van der Waals surface area contributed by atoms with Gasteiger partial charge in [-0.1, -0.05) is 30.3 Å². The first-order chi connectivity index (χ1) is 25.6. The fourth-order valence-electron chi connectivity index (χ4n) is 4.88. The molecule has 17 N–H and O–H groups in total. The number of carboxylic acid groups (broad SMARTS) is 1. The van der Waals surface area contributed by atoms with Gasteiger partial charge in [0.25, 0.3) is 0 Å². The predicted molar refractivity (Wildman–Crippen MR) is 191 cm³/mol. The van der Waals surface area contributed by atoms with Crippen molar-refractivity contribution in [3.05, 3.63) is 35.9 Å². The van der Waals surface area contributed by atoms with Gasteiger partial charge in [-0.2, -0.15) is 0 Å². The summed E-state index contributed by atoms with van der Waals surface area (Å²) in [5.41, 5.74) is 17.2. The van der Waals surface area contributed by atoms with Gasteiger partial charge in [0, 0.05) is 19.4 Å². The molecule has 0 spiro atoms. The van der Waals surface area contributed by atoms with Gasteiger partial charge in [0.2, 0.25) is 35.4 Å². The number of aliphatic hydroxyl groups excluding tert-OH is 4. The molecule has 1 aromatic carbocycles. The minimum Gasteiger partial charge on any atom is -0.481 e. The Labute approximate surface area is 312 Å². The first-order valence-corrected chi connectivity index (χ1v) is 17.3. The Bertz CT molecular complexity index is 1370. The number of carbonyl (C=O) groups excluding carboxylic acids is 6. The van der Waals surface area contributed by atoms with E-state index in [1.54, 1.807) is 30.3 Å². The molecule has 304 valence electrons. The Kier molecular flexibility index (Phi) is 22.1. The molecule has 1 rings (SSSR count). The molecular formula is C33H55N9O12. The Hall–Kier alpha value is -4.77. The van der Waals surface area contributed by atoms with Crippen LogP contribution in [0.25, 0.3) is 0 Å². The summed E-state index contributed by atoms with van der Waals surface area (Å²) in [5, 5.41) is 63.1. The lowest BCUT2D eigenvalue weighted by molar-refractivity contribution is -0.138. The molecule has 0 saturated heterocycles. The summed E-state index contributed by atoms with van der Waals surface area (Å²) in [5.74, 6) is -6.65. The van der Waals surface area contributed by atoms with Crippen LogP contribution in [0.1, 0.15) is 44.6 Å². The van der Waals surface area contributed by atoms with Crippen LogP contribution < -0.4 is 49.1 Å². The Morgan fingerprint density at radius 2 is 1.20 bits per heavy atom. The van der Waals surface area contributed by atoms with Gasteiger partial charge in [0.15, 0.2) is 0 Å². The maximum absolute atomic E-state index is 13.4. The number of amides is 6. The molecule has 6 amide bonds. The molecule has 0 aliphatic carbocycles. The van der Waals surface area contributed by atoms with E-state index >= 15 is 0 Å². The van der Waals surface area contributed by atoms with E-state index in [4.69, 9.17) is 27.4 Å². The monoisotopic (exact) mass is 769 g/mol. The maximum Gasteiger partial charge on any atom is 0.303 e. The van der Waals surface area contributed by atoms with Crippen LogP contribution in [-0.4, -0.2) is 148 Å². The third-order valence-electron chi connectivity index (χ3n) is 8.14. The zero-order valence-corrected chi connectivity index (χ0v) is 30.1. The molecule has 1 aromatic rings. The topological polar surface area (TPSA) is 371 Å². The van der Waals surface area contributed by atoms with Crippen molar-refractivity contribution in [1.29, 1.82) is 0 Å². The highest BCUT2D eigenvalue weighted by molar-refractivity contribution is 5.95. The summed E-state index contributed by atoms with van der Waals surface area (Å²) in [6.07, 6.45) is -1.29. The molecular weight excluding hydrogens is 714 g/mol. The van der Waals surface area contributed by atoms with Crippen molar-refractivity contribution in [3.8, 4) is 0 Å². The minimum absolute atomic E-state index is 0.0281. The molecule has 0 bridgehead atoms. The maximum atomic E-state index is 13.4. The smallest absolute Gasteiger partial charge is 0.303 e. The molecule has 0 aliphatic rings. The number of rotatable bonds is 27. The summed E-state index contributed by atoms with van der Waals surface area (Å²) >= 11 is 0. The lowest BCUT2D eigenvalue weighted by Gasteiger charge is -2.28. The second-order valence-electron chi connectivity index (χ2n) is 12.5. The third-order valence-corrected chi connectivity index (χ3v) is 8.14. The highest BCUT2D eigenvalue weighted by Gasteiger charge is 2.32. The summed E-state index contributed by atoms with van der Waals surface area (Å²) in [4.78, 5) is 88.1. The van der Waals surface area contributed by atoms with Crippen LogP contribution in [0.5, 0.6) is 0 Å². The number of aliphatic hydroxyl groups is 4. The summed E-state index contributed by atoms with van der Waals surface area (Å²) in [6, 6.07) is -0.736. The molecule has 0 aromatic heterocycles. The number of carbonyl (C=O) groups is 7. The number of carboxylic acids is 1. The molecule has 8 unspecified atom stereocenters. The fraction of sp³-hybridized carbons (Fsp3) is 0.606. The zero-order chi connectivity index (χ0) is 40.8. The van der Waals surface area contributed by atoms with E-state index in [-0.39, 0.29) is 32.4 Å². The molecule has 54 heavy (non-hydrogen) atoms. The largest absolute Gasteiger partial charge is 0.481 e. The van der Waals surface area contributed by atoms with Crippen molar-refractivity contribution in [2.24, 2.45) is 17.2 Å².